The number of carbonyl (C=O) groups excluding carboxylic acids is 1. The van der Waals surface area contributed by atoms with Crippen molar-refractivity contribution in [3.05, 3.63) is 54.1 Å². The third-order valence-corrected chi connectivity index (χ3v) is 3.62. The predicted molar refractivity (Wildman–Crippen MR) is 80.4 cm³/mol. The SMILES string of the molecule is O=C(O)c1cccc(OC2CCN(C(=O)c3cncnc3)C2)c1. The van der Waals surface area contributed by atoms with E-state index in [0.29, 0.717) is 30.8 Å². The first kappa shape index (κ1) is 15.0. The van der Waals surface area contributed by atoms with Gasteiger partial charge in [-0.3, -0.25) is 4.79 Å². The zero-order valence-corrected chi connectivity index (χ0v) is 12.3. The van der Waals surface area contributed by atoms with Crippen LogP contribution in [0.2, 0.25) is 0 Å². The molecule has 1 unspecified atom stereocenters. The third kappa shape index (κ3) is 3.45. The number of benzene rings is 1. The van der Waals surface area contributed by atoms with Gasteiger partial charge in [-0.2, -0.15) is 0 Å². The summed E-state index contributed by atoms with van der Waals surface area (Å²) in [5.41, 5.74) is 0.621. The molecule has 1 fully saturated rings. The van der Waals surface area contributed by atoms with E-state index in [-0.39, 0.29) is 17.6 Å². The highest BCUT2D eigenvalue weighted by atomic mass is 16.5. The molecule has 0 radical (unpaired) electrons. The Balaban J connectivity index is 1.63. The summed E-state index contributed by atoms with van der Waals surface area (Å²) in [5.74, 6) is -0.633. The molecule has 1 aromatic carbocycles. The summed E-state index contributed by atoms with van der Waals surface area (Å²) in [5, 5.41) is 8.99. The molecule has 1 saturated heterocycles. The van der Waals surface area contributed by atoms with Crippen molar-refractivity contribution in [3.8, 4) is 5.75 Å². The lowest BCUT2D eigenvalue weighted by molar-refractivity contribution is 0.0695. The van der Waals surface area contributed by atoms with Crippen molar-refractivity contribution in [3.63, 3.8) is 0 Å². The molecule has 23 heavy (non-hydrogen) atoms. The van der Waals surface area contributed by atoms with Crippen molar-refractivity contribution in [2.45, 2.75) is 12.5 Å². The third-order valence-electron chi connectivity index (χ3n) is 3.62. The second kappa shape index (κ2) is 6.43. The number of hydrogen-bond donors (Lipinski definition) is 1. The van der Waals surface area contributed by atoms with Crippen LogP contribution in [0.4, 0.5) is 0 Å². The number of nitrogens with zero attached hydrogens (tertiary/aromatic N) is 3. The normalized spacial score (nSPS) is 17.0. The highest BCUT2D eigenvalue weighted by molar-refractivity contribution is 5.93. The fourth-order valence-corrected chi connectivity index (χ4v) is 2.50. The molecule has 7 nitrogen and oxygen atoms in total. The summed E-state index contributed by atoms with van der Waals surface area (Å²) >= 11 is 0. The van der Waals surface area contributed by atoms with E-state index in [9.17, 15) is 9.59 Å². The van der Waals surface area contributed by atoms with Gasteiger partial charge in [-0.1, -0.05) is 6.07 Å². The van der Waals surface area contributed by atoms with E-state index in [2.05, 4.69) is 9.97 Å². The van der Waals surface area contributed by atoms with Crippen LogP contribution in [0.3, 0.4) is 0 Å². The van der Waals surface area contributed by atoms with Crippen LogP contribution >= 0.6 is 0 Å². The van der Waals surface area contributed by atoms with Crippen LogP contribution in [0.1, 0.15) is 27.1 Å². The summed E-state index contributed by atoms with van der Waals surface area (Å²) in [6.07, 6.45) is 4.88. The smallest absolute Gasteiger partial charge is 0.335 e. The summed E-state index contributed by atoms with van der Waals surface area (Å²) in [4.78, 5) is 32.6. The van der Waals surface area contributed by atoms with E-state index in [4.69, 9.17) is 9.84 Å². The maximum atomic E-state index is 12.3. The van der Waals surface area contributed by atoms with Crippen LogP contribution in [0.15, 0.2) is 43.0 Å². The minimum Gasteiger partial charge on any atom is -0.488 e. The molecule has 7 heteroatoms. The fourth-order valence-electron chi connectivity index (χ4n) is 2.50. The Morgan fingerprint density at radius 3 is 2.74 bits per heavy atom. The van der Waals surface area contributed by atoms with Crippen LogP contribution in [0.25, 0.3) is 0 Å². The molecule has 0 spiro atoms. The Bertz CT molecular complexity index is 720. The summed E-state index contributed by atoms with van der Waals surface area (Å²) < 4.78 is 5.79. The number of aromatic carboxylic acids is 1. The second-order valence-electron chi connectivity index (χ2n) is 5.24. The molecule has 1 aliphatic rings. The highest BCUT2D eigenvalue weighted by Crippen LogP contribution is 2.20. The number of ether oxygens (including phenoxy) is 1. The molecule has 1 N–H and O–H groups in total. The van der Waals surface area contributed by atoms with Gasteiger partial charge in [-0.25, -0.2) is 14.8 Å². The van der Waals surface area contributed by atoms with E-state index in [1.807, 2.05) is 0 Å². The topological polar surface area (TPSA) is 92.6 Å². The van der Waals surface area contributed by atoms with Crippen molar-refractivity contribution in [1.82, 2.24) is 14.9 Å². The lowest BCUT2D eigenvalue weighted by atomic mass is 10.2. The van der Waals surface area contributed by atoms with Gasteiger partial charge in [0.15, 0.2) is 0 Å². The first-order valence-corrected chi connectivity index (χ1v) is 7.18. The predicted octanol–water partition coefficient (Wildman–Crippen LogP) is 1.47. The standard InChI is InChI=1S/C16H15N3O4/c20-15(12-7-17-10-18-8-12)19-5-4-14(9-19)23-13-3-1-2-11(6-13)16(21)22/h1-3,6-8,10,14H,4-5,9H2,(H,21,22). The van der Waals surface area contributed by atoms with Crippen molar-refractivity contribution in [1.29, 1.82) is 0 Å². The van der Waals surface area contributed by atoms with Gasteiger partial charge < -0.3 is 14.7 Å². The van der Waals surface area contributed by atoms with Crippen LogP contribution in [-0.4, -0.2) is 51.0 Å². The number of carboxylic acids is 1. The zero-order chi connectivity index (χ0) is 16.2. The lowest BCUT2D eigenvalue weighted by Gasteiger charge is -2.17. The molecule has 0 saturated carbocycles. The van der Waals surface area contributed by atoms with Crippen LogP contribution in [-0.2, 0) is 0 Å². The number of hydrogen-bond acceptors (Lipinski definition) is 5. The Labute approximate surface area is 132 Å². The number of rotatable bonds is 4. The van der Waals surface area contributed by atoms with Crippen molar-refractivity contribution in [2.75, 3.05) is 13.1 Å². The molecular weight excluding hydrogens is 298 g/mol. The molecule has 1 atom stereocenters. The van der Waals surface area contributed by atoms with Crippen LogP contribution in [0.5, 0.6) is 5.75 Å². The monoisotopic (exact) mass is 313 g/mol. The van der Waals surface area contributed by atoms with Gasteiger partial charge in [0.25, 0.3) is 5.91 Å². The average molecular weight is 313 g/mol. The van der Waals surface area contributed by atoms with E-state index >= 15 is 0 Å². The van der Waals surface area contributed by atoms with Gasteiger partial charge in [0.2, 0.25) is 0 Å². The first-order chi connectivity index (χ1) is 11.1. The number of carboxylic acid groups (broad SMARTS) is 1. The molecule has 3 rings (SSSR count). The highest BCUT2D eigenvalue weighted by Gasteiger charge is 2.28. The van der Waals surface area contributed by atoms with E-state index in [0.717, 1.165) is 0 Å². The van der Waals surface area contributed by atoms with Gasteiger partial charge >= 0.3 is 5.97 Å². The van der Waals surface area contributed by atoms with E-state index in [1.54, 1.807) is 17.0 Å². The first-order valence-electron chi connectivity index (χ1n) is 7.18. The fraction of sp³-hybridized carbons (Fsp3) is 0.250. The molecule has 0 aliphatic carbocycles. The average Bonchev–Trinajstić information content (AvgIpc) is 3.03. The number of amides is 1. The van der Waals surface area contributed by atoms with Crippen LogP contribution < -0.4 is 4.74 Å². The quantitative estimate of drug-likeness (QED) is 0.919. The maximum Gasteiger partial charge on any atom is 0.335 e. The second-order valence-corrected chi connectivity index (χ2v) is 5.24. The lowest BCUT2D eigenvalue weighted by Crippen LogP contribution is -2.31. The molecule has 0 bridgehead atoms. The number of aromatic nitrogens is 2. The molecular formula is C16H15N3O4. The van der Waals surface area contributed by atoms with Gasteiger partial charge in [0, 0.05) is 25.4 Å². The minimum absolute atomic E-state index is 0.129. The van der Waals surface area contributed by atoms with Crippen molar-refractivity contribution < 1.29 is 19.4 Å². The number of carbonyl (C=O) groups is 2. The maximum absolute atomic E-state index is 12.3. The molecule has 2 aromatic rings. The van der Waals surface area contributed by atoms with Gasteiger partial charge in [0.1, 0.15) is 18.2 Å². The van der Waals surface area contributed by atoms with E-state index < -0.39 is 5.97 Å². The largest absolute Gasteiger partial charge is 0.488 e. The van der Waals surface area contributed by atoms with Crippen molar-refractivity contribution in [2.24, 2.45) is 0 Å². The molecule has 1 aromatic heterocycles. The van der Waals surface area contributed by atoms with Crippen molar-refractivity contribution >= 4 is 11.9 Å². The van der Waals surface area contributed by atoms with Gasteiger partial charge in [0.05, 0.1) is 17.7 Å². The molecule has 1 aliphatic heterocycles. The van der Waals surface area contributed by atoms with Crippen LogP contribution in [0, 0.1) is 0 Å². The zero-order valence-electron chi connectivity index (χ0n) is 12.3. The molecule has 1 amide bonds. The Hall–Kier alpha value is -2.96. The Morgan fingerprint density at radius 1 is 1.22 bits per heavy atom. The Kier molecular flexibility index (Phi) is 4.18. The summed E-state index contributed by atoms with van der Waals surface area (Å²) in [7, 11) is 0. The number of likely N-dealkylation sites (tertiary alicyclic amines) is 1. The summed E-state index contributed by atoms with van der Waals surface area (Å²) in [6.45, 7) is 1.03. The van der Waals surface area contributed by atoms with Gasteiger partial charge in [-0.15, -0.1) is 0 Å². The minimum atomic E-state index is -0.997. The van der Waals surface area contributed by atoms with E-state index in [1.165, 1.54) is 30.9 Å². The molecule has 2 heterocycles. The summed E-state index contributed by atoms with van der Waals surface area (Å²) in [6, 6.07) is 6.34. The van der Waals surface area contributed by atoms with Gasteiger partial charge in [-0.05, 0) is 18.2 Å². The Morgan fingerprint density at radius 2 is 2.00 bits per heavy atom. The molecule has 118 valence electrons.